The van der Waals surface area contributed by atoms with Gasteiger partial charge in [0.25, 0.3) is 0 Å². The van der Waals surface area contributed by atoms with Crippen molar-refractivity contribution in [2.75, 3.05) is 18.4 Å². The molecule has 1 unspecified atom stereocenters. The third-order valence-electron chi connectivity index (χ3n) is 5.93. The zero-order chi connectivity index (χ0) is 21.5. The van der Waals surface area contributed by atoms with E-state index >= 15 is 0 Å². The Hall–Kier alpha value is -2.24. The van der Waals surface area contributed by atoms with E-state index in [1.54, 1.807) is 12.1 Å². The molecular weight excluding hydrogens is 398 g/mol. The number of carbonyl (C=O) groups excluding carboxylic acids is 1. The monoisotopic (exact) mass is 429 g/mol. The van der Waals surface area contributed by atoms with Gasteiger partial charge < -0.3 is 20.2 Å². The highest BCUT2D eigenvalue weighted by Gasteiger charge is 2.29. The van der Waals surface area contributed by atoms with Crippen LogP contribution in [0, 0.1) is 0 Å². The molecule has 162 valence electrons. The third-order valence-corrected chi connectivity index (χ3v) is 6.23. The fraction of sp³-hybridized carbons (Fsp3) is 0.458. The number of aromatic hydroxyl groups is 1. The molecule has 6 heteroatoms. The number of nitrogens with zero attached hydrogens (tertiary/aromatic N) is 2. The number of carbonyl (C=O) groups is 1. The quantitative estimate of drug-likeness (QED) is 0.552. The van der Waals surface area contributed by atoms with Crippen LogP contribution in [-0.4, -0.2) is 46.1 Å². The van der Waals surface area contributed by atoms with Gasteiger partial charge in [0, 0.05) is 37.4 Å². The first kappa shape index (κ1) is 22.4. The molecule has 30 heavy (non-hydrogen) atoms. The fourth-order valence-corrected chi connectivity index (χ4v) is 4.35. The fourth-order valence-electron chi connectivity index (χ4n) is 4.17. The lowest BCUT2D eigenvalue weighted by Crippen LogP contribution is -2.50. The number of rotatable bonds is 7. The molecule has 5 nitrogen and oxygen atoms in total. The number of hydrogen-bond acceptors (Lipinski definition) is 3. The third kappa shape index (κ3) is 5.89. The van der Waals surface area contributed by atoms with Crippen LogP contribution in [0.2, 0.25) is 5.02 Å². The van der Waals surface area contributed by atoms with Gasteiger partial charge in [-0.15, -0.1) is 0 Å². The highest BCUT2D eigenvalue weighted by Crippen LogP contribution is 2.27. The van der Waals surface area contributed by atoms with E-state index < -0.39 is 0 Å². The molecule has 1 saturated heterocycles. The van der Waals surface area contributed by atoms with E-state index in [-0.39, 0.29) is 22.8 Å². The minimum absolute atomic E-state index is 0.00405. The van der Waals surface area contributed by atoms with E-state index in [9.17, 15) is 9.90 Å². The van der Waals surface area contributed by atoms with E-state index in [4.69, 9.17) is 11.6 Å². The van der Waals surface area contributed by atoms with Gasteiger partial charge in [-0.1, -0.05) is 55.3 Å². The highest BCUT2D eigenvalue weighted by atomic mass is 35.5. The second-order valence-electron chi connectivity index (χ2n) is 8.11. The SMILES string of the molecule is CCCC(C)N1CCC(N(Cc2ccccc2)C(=O)Nc2ccc(O)c(Cl)c2)CC1. The number of halogens is 1. The summed E-state index contributed by atoms with van der Waals surface area (Å²) in [6, 6.07) is 15.5. The molecular formula is C24H32ClN3O2. The molecule has 0 bridgehead atoms. The number of phenolic OH excluding ortho intramolecular Hbond substituents is 1. The molecule has 1 atom stereocenters. The van der Waals surface area contributed by atoms with Gasteiger partial charge in [-0.3, -0.25) is 0 Å². The van der Waals surface area contributed by atoms with Crippen LogP contribution in [0.1, 0.15) is 45.1 Å². The standard InChI is InChI=1S/C24H32ClN3O2/c1-3-7-18(2)27-14-12-21(13-15-27)28(17-19-8-5-4-6-9-19)24(30)26-20-10-11-23(29)22(25)16-20/h4-6,8-11,16,18,21,29H,3,7,12-15,17H2,1-2H3,(H,26,30). The van der Waals surface area contributed by atoms with Crippen molar-refractivity contribution in [2.45, 2.75) is 58.2 Å². The normalized spacial score (nSPS) is 16.2. The number of likely N-dealkylation sites (tertiary alicyclic amines) is 1. The lowest BCUT2D eigenvalue weighted by molar-refractivity contribution is 0.0989. The smallest absolute Gasteiger partial charge is 0.322 e. The summed E-state index contributed by atoms with van der Waals surface area (Å²) in [6.45, 7) is 7.11. The summed E-state index contributed by atoms with van der Waals surface area (Å²) in [6.07, 6.45) is 4.33. The summed E-state index contributed by atoms with van der Waals surface area (Å²) < 4.78 is 0. The number of benzene rings is 2. The highest BCUT2D eigenvalue weighted by molar-refractivity contribution is 6.32. The maximum Gasteiger partial charge on any atom is 0.322 e. The summed E-state index contributed by atoms with van der Waals surface area (Å²) in [5.74, 6) is 0.00405. The summed E-state index contributed by atoms with van der Waals surface area (Å²) in [5.41, 5.74) is 1.69. The van der Waals surface area contributed by atoms with Gasteiger partial charge in [-0.25, -0.2) is 4.79 Å². The molecule has 0 aliphatic carbocycles. The van der Waals surface area contributed by atoms with Crippen LogP contribution in [0.15, 0.2) is 48.5 Å². The van der Waals surface area contributed by atoms with Gasteiger partial charge in [0.15, 0.2) is 0 Å². The second kappa shape index (κ2) is 10.7. The molecule has 3 rings (SSSR count). The molecule has 1 aliphatic rings. The first-order chi connectivity index (χ1) is 14.5. The Labute approximate surface area is 184 Å². The Morgan fingerprint density at radius 2 is 1.93 bits per heavy atom. The van der Waals surface area contributed by atoms with Crippen molar-refractivity contribution < 1.29 is 9.90 Å². The van der Waals surface area contributed by atoms with E-state index in [2.05, 4.69) is 36.2 Å². The maximum absolute atomic E-state index is 13.2. The molecule has 2 aromatic rings. The van der Waals surface area contributed by atoms with Crippen LogP contribution in [0.5, 0.6) is 5.75 Å². The minimum atomic E-state index is -0.138. The molecule has 0 aromatic heterocycles. The minimum Gasteiger partial charge on any atom is -0.506 e. The summed E-state index contributed by atoms with van der Waals surface area (Å²) in [7, 11) is 0. The van der Waals surface area contributed by atoms with Crippen LogP contribution in [-0.2, 0) is 6.54 Å². The van der Waals surface area contributed by atoms with Crippen LogP contribution < -0.4 is 5.32 Å². The van der Waals surface area contributed by atoms with Crippen molar-refractivity contribution in [1.29, 1.82) is 0 Å². The predicted molar refractivity (Wildman–Crippen MR) is 123 cm³/mol. The molecule has 0 saturated carbocycles. The second-order valence-corrected chi connectivity index (χ2v) is 8.52. The zero-order valence-electron chi connectivity index (χ0n) is 17.9. The predicted octanol–water partition coefficient (Wildman–Crippen LogP) is 5.73. The average molecular weight is 430 g/mol. The summed E-state index contributed by atoms with van der Waals surface area (Å²) >= 11 is 6.01. The molecule has 2 N–H and O–H groups in total. The first-order valence-electron chi connectivity index (χ1n) is 10.8. The van der Waals surface area contributed by atoms with Crippen LogP contribution in [0.25, 0.3) is 0 Å². The van der Waals surface area contributed by atoms with Crippen molar-refractivity contribution in [3.63, 3.8) is 0 Å². The topological polar surface area (TPSA) is 55.8 Å². The van der Waals surface area contributed by atoms with Gasteiger partial charge in [-0.2, -0.15) is 0 Å². The van der Waals surface area contributed by atoms with Crippen molar-refractivity contribution >= 4 is 23.3 Å². The van der Waals surface area contributed by atoms with E-state index in [0.717, 1.165) is 31.5 Å². The lowest BCUT2D eigenvalue weighted by Gasteiger charge is -2.40. The van der Waals surface area contributed by atoms with Crippen molar-refractivity contribution in [1.82, 2.24) is 9.80 Å². The average Bonchev–Trinajstić information content (AvgIpc) is 2.75. The van der Waals surface area contributed by atoms with Crippen LogP contribution >= 0.6 is 11.6 Å². The molecule has 1 aliphatic heterocycles. The Morgan fingerprint density at radius 1 is 1.23 bits per heavy atom. The Morgan fingerprint density at radius 3 is 2.57 bits per heavy atom. The van der Waals surface area contributed by atoms with E-state index in [1.165, 1.54) is 18.9 Å². The number of nitrogens with one attached hydrogen (secondary N) is 1. The maximum atomic E-state index is 13.2. The van der Waals surface area contributed by atoms with Gasteiger partial charge >= 0.3 is 6.03 Å². The Bertz CT molecular complexity index is 822. The zero-order valence-corrected chi connectivity index (χ0v) is 18.6. The number of anilines is 1. The lowest BCUT2D eigenvalue weighted by atomic mass is 10.00. The van der Waals surface area contributed by atoms with Gasteiger partial charge in [-0.05, 0) is 49.9 Å². The van der Waals surface area contributed by atoms with E-state index in [0.29, 0.717) is 18.3 Å². The summed E-state index contributed by atoms with van der Waals surface area (Å²) in [5, 5.41) is 12.8. The van der Waals surface area contributed by atoms with Crippen molar-refractivity contribution in [2.24, 2.45) is 0 Å². The van der Waals surface area contributed by atoms with Crippen molar-refractivity contribution in [3.8, 4) is 5.75 Å². The molecule has 0 radical (unpaired) electrons. The summed E-state index contributed by atoms with van der Waals surface area (Å²) in [4.78, 5) is 17.7. The number of urea groups is 1. The van der Waals surface area contributed by atoms with Crippen LogP contribution in [0.4, 0.5) is 10.5 Å². The molecule has 0 spiro atoms. The largest absolute Gasteiger partial charge is 0.506 e. The Balaban J connectivity index is 1.72. The number of piperidine rings is 1. The number of amides is 2. The molecule has 2 amide bonds. The Kier molecular flexibility index (Phi) is 8.00. The van der Waals surface area contributed by atoms with E-state index in [1.807, 2.05) is 23.1 Å². The molecule has 1 fully saturated rings. The molecule has 2 aromatic carbocycles. The number of phenols is 1. The van der Waals surface area contributed by atoms with Crippen LogP contribution in [0.3, 0.4) is 0 Å². The number of hydrogen-bond donors (Lipinski definition) is 2. The van der Waals surface area contributed by atoms with Crippen molar-refractivity contribution in [3.05, 3.63) is 59.1 Å². The van der Waals surface area contributed by atoms with Gasteiger partial charge in [0.05, 0.1) is 5.02 Å². The van der Waals surface area contributed by atoms with Gasteiger partial charge in [0.2, 0.25) is 0 Å². The van der Waals surface area contributed by atoms with Gasteiger partial charge in [0.1, 0.15) is 5.75 Å². The first-order valence-corrected chi connectivity index (χ1v) is 11.2. The molecule has 1 heterocycles.